The van der Waals surface area contributed by atoms with Crippen molar-refractivity contribution < 1.29 is 19.4 Å². The van der Waals surface area contributed by atoms with Crippen LogP contribution in [0.25, 0.3) is 6.08 Å². The van der Waals surface area contributed by atoms with Gasteiger partial charge in [0.1, 0.15) is 5.60 Å². The molecule has 0 saturated carbocycles. The Hall–Kier alpha value is -2.38. The van der Waals surface area contributed by atoms with Gasteiger partial charge in [0.2, 0.25) is 11.8 Å². The fraction of sp³-hybridized carbons (Fsp3) is 0.444. The molecule has 0 radical (unpaired) electrons. The number of ether oxygens (including phenoxy) is 1. The van der Waals surface area contributed by atoms with Crippen LogP contribution in [0, 0.1) is 0 Å². The Kier molecular flexibility index (Phi) is 5.06. The molecular formula is C18H23N3O4. The summed E-state index contributed by atoms with van der Waals surface area (Å²) in [6, 6.07) is 1.88. The number of carbonyl (C=O) groups is 2. The van der Waals surface area contributed by atoms with Crippen molar-refractivity contribution in [3.63, 3.8) is 0 Å². The Morgan fingerprint density at radius 3 is 2.92 bits per heavy atom. The third-order valence-corrected chi connectivity index (χ3v) is 4.47. The van der Waals surface area contributed by atoms with Crippen molar-refractivity contribution in [2.75, 3.05) is 26.3 Å². The number of aliphatic hydroxyl groups excluding tert-OH is 1. The zero-order valence-electron chi connectivity index (χ0n) is 14.2. The Labute approximate surface area is 146 Å². The van der Waals surface area contributed by atoms with Crippen LogP contribution in [0.3, 0.4) is 0 Å². The first-order valence-electron chi connectivity index (χ1n) is 8.30. The Morgan fingerprint density at radius 1 is 1.44 bits per heavy atom. The maximum absolute atomic E-state index is 12.2. The second-order valence-electron chi connectivity index (χ2n) is 6.63. The Bertz CT molecular complexity index is 701. The van der Waals surface area contributed by atoms with Gasteiger partial charge >= 0.3 is 0 Å². The largest absolute Gasteiger partial charge is 0.392 e. The van der Waals surface area contributed by atoms with Crippen molar-refractivity contribution in [3.05, 3.63) is 42.3 Å². The number of hydrogen-bond donors (Lipinski definition) is 2. The van der Waals surface area contributed by atoms with Crippen LogP contribution in [0.5, 0.6) is 0 Å². The fourth-order valence-electron chi connectivity index (χ4n) is 3.27. The van der Waals surface area contributed by atoms with Gasteiger partial charge in [-0.3, -0.25) is 9.59 Å². The third kappa shape index (κ3) is 4.18. The van der Waals surface area contributed by atoms with Crippen molar-refractivity contribution in [1.82, 2.24) is 14.8 Å². The van der Waals surface area contributed by atoms with E-state index in [1.165, 1.54) is 12.2 Å². The molecule has 0 bridgehead atoms. The molecule has 2 N–H and O–H groups in total. The van der Waals surface area contributed by atoms with Crippen LogP contribution in [0.4, 0.5) is 0 Å². The van der Waals surface area contributed by atoms with E-state index in [1.807, 2.05) is 30.1 Å². The molecule has 3 rings (SSSR count). The molecule has 7 heteroatoms. The highest BCUT2D eigenvalue weighted by Crippen LogP contribution is 2.35. The lowest BCUT2D eigenvalue weighted by Crippen LogP contribution is -2.63. The second-order valence-corrected chi connectivity index (χ2v) is 6.63. The van der Waals surface area contributed by atoms with Crippen LogP contribution in [0.1, 0.15) is 12.0 Å². The van der Waals surface area contributed by atoms with Crippen LogP contribution in [0.2, 0.25) is 0 Å². The lowest BCUT2D eigenvalue weighted by molar-refractivity contribution is -0.152. The molecule has 1 aromatic rings. The maximum atomic E-state index is 12.2. The lowest BCUT2D eigenvalue weighted by atomic mass is 9.89. The van der Waals surface area contributed by atoms with Gasteiger partial charge in [0.05, 0.1) is 32.3 Å². The van der Waals surface area contributed by atoms with E-state index in [-0.39, 0.29) is 30.1 Å². The number of nitrogens with zero attached hydrogens (tertiary/aromatic N) is 2. The standard InChI is InChI=1S/C18H23N3O4/c1-20-7-6-14(10-20)4-5-17(24)21-12-18(13-21)9-15(11-25-18)19-16(23)3-2-8-22/h2-7,10,15,22H,8-9,11-13H2,1H3,(H,19,23)/b3-2+,5-4+. The van der Waals surface area contributed by atoms with E-state index in [9.17, 15) is 9.59 Å². The van der Waals surface area contributed by atoms with Crippen molar-refractivity contribution in [3.8, 4) is 0 Å². The average molecular weight is 345 g/mol. The van der Waals surface area contributed by atoms with E-state index >= 15 is 0 Å². The number of nitrogens with one attached hydrogen (secondary N) is 1. The molecular weight excluding hydrogens is 322 g/mol. The van der Waals surface area contributed by atoms with E-state index in [0.717, 1.165) is 5.56 Å². The number of likely N-dealkylation sites (tertiary alicyclic amines) is 1. The number of aryl methyl sites for hydroxylation is 1. The third-order valence-electron chi connectivity index (χ3n) is 4.47. The van der Waals surface area contributed by atoms with Crippen molar-refractivity contribution >= 4 is 17.9 Å². The van der Waals surface area contributed by atoms with Crippen LogP contribution in [-0.4, -0.2) is 64.3 Å². The summed E-state index contributed by atoms with van der Waals surface area (Å²) in [4.78, 5) is 25.6. The van der Waals surface area contributed by atoms with Crippen LogP contribution in [-0.2, 0) is 21.4 Å². The van der Waals surface area contributed by atoms with Gasteiger partial charge in [-0.1, -0.05) is 6.08 Å². The van der Waals surface area contributed by atoms with E-state index in [2.05, 4.69) is 5.32 Å². The minimum atomic E-state index is -0.338. The number of rotatable bonds is 5. The summed E-state index contributed by atoms with van der Waals surface area (Å²) in [7, 11) is 1.94. The van der Waals surface area contributed by atoms with Gasteiger partial charge in [0.25, 0.3) is 0 Å². The number of amides is 2. The summed E-state index contributed by atoms with van der Waals surface area (Å²) in [6.07, 6.45) is 10.7. The molecule has 2 aliphatic heterocycles. The molecule has 2 aliphatic rings. The first kappa shape index (κ1) is 17.4. The number of aromatic nitrogens is 1. The number of hydrogen-bond acceptors (Lipinski definition) is 4. The smallest absolute Gasteiger partial charge is 0.246 e. The molecule has 2 saturated heterocycles. The van der Waals surface area contributed by atoms with Gasteiger partial charge in [-0.15, -0.1) is 0 Å². The summed E-state index contributed by atoms with van der Waals surface area (Å²) < 4.78 is 7.76. The lowest BCUT2D eigenvalue weighted by Gasteiger charge is -2.46. The average Bonchev–Trinajstić information content (AvgIpc) is 3.15. The zero-order valence-corrected chi connectivity index (χ0v) is 14.2. The van der Waals surface area contributed by atoms with Gasteiger partial charge < -0.3 is 24.6 Å². The van der Waals surface area contributed by atoms with Crippen molar-refractivity contribution in [2.45, 2.75) is 18.1 Å². The number of aliphatic hydroxyl groups is 1. The Balaban J connectivity index is 1.45. The van der Waals surface area contributed by atoms with Gasteiger partial charge in [-0.05, 0) is 17.7 Å². The quantitative estimate of drug-likeness (QED) is 0.740. The van der Waals surface area contributed by atoms with E-state index in [4.69, 9.17) is 9.84 Å². The molecule has 0 aromatic carbocycles. The molecule has 3 heterocycles. The molecule has 2 fully saturated rings. The van der Waals surface area contributed by atoms with Gasteiger partial charge in [0, 0.05) is 38.0 Å². The summed E-state index contributed by atoms with van der Waals surface area (Å²) in [6.45, 7) is 1.38. The first-order chi connectivity index (χ1) is 12.0. The first-order valence-corrected chi connectivity index (χ1v) is 8.30. The highest BCUT2D eigenvalue weighted by Gasteiger charge is 2.51. The molecule has 7 nitrogen and oxygen atoms in total. The molecule has 134 valence electrons. The number of carbonyl (C=O) groups excluding carboxylic acids is 2. The molecule has 25 heavy (non-hydrogen) atoms. The second kappa shape index (κ2) is 7.25. The minimum Gasteiger partial charge on any atom is -0.392 e. The van der Waals surface area contributed by atoms with Gasteiger partial charge in [-0.2, -0.15) is 0 Å². The minimum absolute atomic E-state index is 0.0311. The molecule has 0 aliphatic carbocycles. The summed E-state index contributed by atoms with van der Waals surface area (Å²) >= 11 is 0. The van der Waals surface area contributed by atoms with Crippen molar-refractivity contribution in [2.24, 2.45) is 7.05 Å². The summed E-state index contributed by atoms with van der Waals surface area (Å²) in [5.74, 6) is -0.269. The highest BCUT2D eigenvalue weighted by atomic mass is 16.5. The van der Waals surface area contributed by atoms with Crippen LogP contribution in [0.15, 0.2) is 36.7 Å². The summed E-state index contributed by atoms with van der Waals surface area (Å²) in [5, 5.41) is 11.5. The predicted octanol–water partition coefficient (Wildman–Crippen LogP) is 0.0729. The SMILES string of the molecule is Cn1ccc(/C=C/C(=O)N2CC3(CC(NC(=O)/C=C/CO)CO3)C2)c1. The van der Waals surface area contributed by atoms with Crippen LogP contribution < -0.4 is 5.32 Å². The maximum Gasteiger partial charge on any atom is 0.246 e. The van der Waals surface area contributed by atoms with E-state index in [1.54, 1.807) is 17.1 Å². The van der Waals surface area contributed by atoms with Crippen LogP contribution >= 0.6 is 0 Å². The zero-order chi connectivity index (χ0) is 17.9. The molecule has 1 aromatic heterocycles. The molecule has 1 atom stereocenters. The molecule has 1 unspecified atom stereocenters. The molecule has 2 amide bonds. The predicted molar refractivity (Wildman–Crippen MR) is 92.5 cm³/mol. The molecule has 1 spiro atoms. The van der Waals surface area contributed by atoms with Crippen molar-refractivity contribution in [1.29, 1.82) is 0 Å². The summed E-state index contributed by atoms with van der Waals surface area (Å²) in [5.41, 5.74) is 0.649. The monoisotopic (exact) mass is 345 g/mol. The van der Waals surface area contributed by atoms with E-state index in [0.29, 0.717) is 26.1 Å². The topological polar surface area (TPSA) is 83.8 Å². The normalized spacial score (nSPS) is 22.0. The fourth-order valence-corrected chi connectivity index (χ4v) is 3.27. The Morgan fingerprint density at radius 2 is 2.24 bits per heavy atom. The van der Waals surface area contributed by atoms with E-state index < -0.39 is 0 Å². The highest BCUT2D eigenvalue weighted by molar-refractivity contribution is 5.92. The van der Waals surface area contributed by atoms with Gasteiger partial charge in [0.15, 0.2) is 0 Å². The van der Waals surface area contributed by atoms with Gasteiger partial charge in [-0.25, -0.2) is 0 Å².